The number of phenols is 1. The minimum atomic E-state index is -0.911. The van der Waals surface area contributed by atoms with E-state index < -0.39 is 23.3 Å². The topological polar surface area (TPSA) is 59.3 Å². The van der Waals surface area contributed by atoms with Crippen molar-refractivity contribution < 1.29 is 23.5 Å². The lowest BCUT2D eigenvalue weighted by Crippen LogP contribution is -2.14. The molecule has 0 saturated carbocycles. The number of hydrogen-bond donors (Lipinski definition) is 1. The number of aldehydes is 1. The van der Waals surface area contributed by atoms with Crippen molar-refractivity contribution in [3.63, 3.8) is 0 Å². The zero-order valence-corrected chi connectivity index (χ0v) is 13.8. The van der Waals surface area contributed by atoms with E-state index in [9.17, 15) is 23.5 Å². The maximum absolute atomic E-state index is 14.4. The highest BCUT2D eigenvalue weighted by Crippen LogP contribution is 2.33. The SMILES string of the molecule is Cc1c(CC=O)c2c(F)c(O)ccc2n1C(=O)c1ccc(Cl)c(F)c1. The second-order valence-corrected chi connectivity index (χ2v) is 5.90. The van der Waals surface area contributed by atoms with E-state index in [0.29, 0.717) is 17.5 Å². The van der Waals surface area contributed by atoms with Crippen LogP contribution in [0.5, 0.6) is 5.75 Å². The molecule has 128 valence electrons. The van der Waals surface area contributed by atoms with Gasteiger partial charge in [0.25, 0.3) is 5.91 Å². The summed E-state index contributed by atoms with van der Waals surface area (Å²) in [7, 11) is 0. The van der Waals surface area contributed by atoms with Crippen LogP contribution in [-0.4, -0.2) is 21.9 Å². The highest BCUT2D eigenvalue weighted by molar-refractivity contribution is 6.30. The fourth-order valence-corrected chi connectivity index (χ4v) is 3.00. The molecule has 0 unspecified atom stereocenters. The molecule has 25 heavy (non-hydrogen) atoms. The normalized spacial score (nSPS) is 11.0. The first kappa shape index (κ1) is 17.1. The van der Waals surface area contributed by atoms with Gasteiger partial charge >= 0.3 is 0 Å². The molecular formula is C18H12ClF2NO3. The van der Waals surface area contributed by atoms with Gasteiger partial charge in [0, 0.05) is 23.1 Å². The summed E-state index contributed by atoms with van der Waals surface area (Å²) in [5.41, 5.74) is 0.839. The van der Waals surface area contributed by atoms with Crippen LogP contribution < -0.4 is 0 Å². The monoisotopic (exact) mass is 363 g/mol. The van der Waals surface area contributed by atoms with Gasteiger partial charge in [-0.15, -0.1) is 0 Å². The third-order valence-electron chi connectivity index (χ3n) is 4.07. The Morgan fingerprint density at radius 1 is 1.28 bits per heavy atom. The molecule has 1 N–H and O–H groups in total. The van der Waals surface area contributed by atoms with Crippen molar-refractivity contribution in [1.82, 2.24) is 4.57 Å². The van der Waals surface area contributed by atoms with Crippen LogP contribution in [0.2, 0.25) is 5.02 Å². The first-order valence-corrected chi connectivity index (χ1v) is 7.69. The van der Waals surface area contributed by atoms with Crippen LogP contribution in [0.3, 0.4) is 0 Å². The number of halogens is 3. The fraction of sp³-hybridized carbons (Fsp3) is 0.111. The number of rotatable bonds is 3. The molecule has 2 aromatic carbocycles. The van der Waals surface area contributed by atoms with Gasteiger partial charge in [-0.1, -0.05) is 11.6 Å². The number of benzene rings is 2. The molecule has 0 saturated heterocycles. The molecule has 0 amide bonds. The minimum absolute atomic E-state index is 0.00705. The van der Waals surface area contributed by atoms with Crippen LogP contribution in [0.4, 0.5) is 8.78 Å². The molecule has 3 rings (SSSR count). The van der Waals surface area contributed by atoms with Gasteiger partial charge in [0.1, 0.15) is 12.1 Å². The molecule has 0 aliphatic heterocycles. The molecule has 0 atom stereocenters. The minimum Gasteiger partial charge on any atom is -0.505 e. The van der Waals surface area contributed by atoms with Crippen molar-refractivity contribution in [2.24, 2.45) is 0 Å². The number of fused-ring (bicyclic) bond motifs is 1. The smallest absolute Gasteiger partial charge is 0.262 e. The molecule has 0 aliphatic rings. The average molecular weight is 364 g/mol. The summed E-state index contributed by atoms with van der Waals surface area (Å²) in [6.07, 6.45) is 0.458. The number of hydrogen-bond acceptors (Lipinski definition) is 3. The van der Waals surface area contributed by atoms with Gasteiger partial charge in [0.15, 0.2) is 11.6 Å². The summed E-state index contributed by atoms with van der Waals surface area (Å²) in [6.45, 7) is 1.56. The van der Waals surface area contributed by atoms with Gasteiger partial charge < -0.3 is 9.90 Å². The van der Waals surface area contributed by atoms with Crippen LogP contribution >= 0.6 is 11.6 Å². The Kier molecular flexibility index (Phi) is 4.30. The third kappa shape index (κ3) is 2.68. The molecule has 3 aromatic rings. The van der Waals surface area contributed by atoms with Crippen molar-refractivity contribution in [2.75, 3.05) is 0 Å². The van der Waals surface area contributed by atoms with Crippen LogP contribution in [0.15, 0.2) is 30.3 Å². The zero-order chi connectivity index (χ0) is 18.3. The molecular weight excluding hydrogens is 352 g/mol. The second kappa shape index (κ2) is 6.29. The van der Waals surface area contributed by atoms with E-state index >= 15 is 0 Å². The predicted octanol–water partition coefficient (Wildman–Crippen LogP) is 4.02. The Morgan fingerprint density at radius 2 is 2.00 bits per heavy atom. The van der Waals surface area contributed by atoms with Gasteiger partial charge in [-0.2, -0.15) is 0 Å². The fourth-order valence-electron chi connectivity index (χ4n) is 2.88. The second-order valence-electron chi connectivity index (χ2n) is 5.50. The quantitative estimate of drug-likeness (QED) is 0.715. The highest BCUT2D eigenvalue weighted by atomic mass is 35.5. The van der Waals surface area contributed by atoms with E-state index in [1.165, 1.54) is 22.8 Å². The molecule has 4 nitrogen and oxygen atoms in total. The molecule has 0 radical (unpaired) electrons. The summed E-state index contributed by atoms with van der Waals surface area (Å²) < 4.78 is 29.3. The molecule has 0 aliphatic carbocycles. The number of phenolic OH excluding ortho intramolecular Hbond substituents is 1. The highest BCUT2D eigenvalue weighted by Gasteiger charge is 2.23. The van der Waals surface area contributed by atoms with E-state index in [0.717, 1.165) is 12.1 Å². The van der Waals surface area contributed by atoms with Crippen molar-refractivity contribution in [3.05, 3.63) is 63.8 Å². The van der Waals surface area contributed by atoms with Crippen LogP contribution in [0.1, 0.15) is 21.6 Å². The lowest BCUT2D eigenvalue weighted by molar-refractivity contribution is -0.107. The summed E-state index contributed by atoms with van der Waals surface area (Å²) in [6, 6.07) is 6.10. The Balaban J connectivity index is 2.30. The maximum Gasteiger partial charge on any atom is 0.262 e. The Labute approximate surface area is 146 Å². The molecule has 0 fully saturated rings. The van der Waals surface area contributed by atoms with Crippen LogP contribution in [-0.2, 0) is 11.2 Å². The first-order valence-electron chi connectivity index (χ1n) is 7.31. The van der Waals surface area contributed by atoms with Gasteiger partial charge in [0.2, 0.25) is 0 Å². The van der Waals surface area contributed by atoms with Gasteiger partial charge in [0.05, 0.1) is 10.5 Å². The summed E-state index contributed by atoms with van der Waals surface area (Å²) in [5.74, 6) is -2.84. The van der Waals surface area contributed by atoms with Crippen molar-refractivity contribution >= 4 is 34.7 Å². The van der Waals surface area contributed by atoms with Crippen molar-refractivity contribution in [1.29, 1.82) is 0 Å². The standard InChI is InChI=1S/C18H12ClF2NO3/c1-9-11(6-7-23)16-14(4-5-15(24)17(16)21)22(9)18(25)10-2-3-12(19)13(20)8-10/h2-5,7-8,24H,6H2,1H3. The van der Waals surface area contributed by atoms with Crippen molar-refractivity contribution in [2.45, 2.75) is 13.3 Å². The number of aromatic hydroxyl groups is 1. The molecule has 0 bridgehead atoms. The maximum atomic E-state index is 14.4. The summed E-state index contributed by atoms with van der Waals surface area (Å²) in [5, 5.41) is 9.48. The van der Waals surface area contributed by atoms with Crippen LogP contribution in [0.25, 0.3) is 10.9 Å². The number of carbonyl (C=O) groups excluding carboxylic acids is 2. The van der Waals surface area contributed by atoms with E-state index in [1.807, 2.05) is 0 Å². The number of carbonyl (C=O) groups is 2. The molecule has 7 heteroatoms. The van der Waals surface area contributed by atoms with Gasteiger partial charge in [-0.25, -0.2) is 8.78 Å². The third-order valence-corrected chi connectivity index (χ3v) is 4.38. The van der Waals surface area contributed by atoms with E-state index in [2.05, 4.69) is 0 Å². The average Bonchev–Trinajstić information content (AvgIpc) is 2.86. The molecule has 1 aromatic heterocycles. The summed E-state index contributed by atoms with van der Waals surface area (Å²) >= 11 is 5.63. The molecule has 1 heterocycles. The summed E-state index contributed by atoms with van der Waals surface area (Å²) in [4.78, 5) is 23.8. The first-order chi connectivity index (χ1) is 11.9. The zero-order valence-electron chi connectivity index (χ0n) is 13.0. The largest absolute Gasteiger partial charge is 0.505 e. The lowest BCUT2D eigenvalue weighted by Gasteiger charge is -2.08. The van der Waals surface area contributed by atoms with E-state index in [-0.39, 0.29) is 27.9 Å². The molecule has 0 spiro atoms. The number of aromatic nitrogens is 1. The van der Waals surface area contributed by atoms with E-state index in [1.54, 1.807) is 6.92 Å². The Bertz CT molecular complexity index is 1030. The predicted molar refractivity (Wildman–Crippen MR) is 89.2 cm³/mol. The van der Waals surface area contributed by atoms with Crippen molar-refractivity contribution in [3.8, 4) is 5.75 Å². The van der Waals surface area contributed by atoms with Gasteiger partial charge in [-0.3, -0.25) is 9.36 Å². The Morgan fingerprint density at radius 3 is 2.64 bits per heavy atom. The Hall–Kier alpha value is -2.73. The number of nitrogens with zero attached hydrogens (tertiary/aromatic N) is 1. The van der Waals surface area contributed by atoms with E-state index in [4.69, 9.17) is 11.6 Å². The van der Waals surface area contributed by atoms with Crippen LogP contribution in [0, 0.1) is 18.6 Å². The van der Waals surface area contributed by atoms with Gasteiger partial charge in [-0.05, 0) is 42.8 Å². The lowest BCUT2D eigenvalue weighted by atomic mass is 10.1.